The van der Waals surface area contributed by atoms with E-state index in [0.29, 0.717) is 35.6 Å². The van der Waals surface area contributed by atoms with Crippen LogP contribution >= 0.6 is 15.9 Å². The number of carbonyl (C=O) groups is 1. The first-order valence-electron chi connectivity index (χ1n) is 11.1. The lowest BCUT2D eigenvalue weighted by molar-refractivity contribution is -0.114. The molecule has 0 unspecified atom stereocenters. The van der Waals surface area contributed by atoms with E-state index in [1.165, 1.54) is 10.6 Å². The molecule has 1 fully saturated rings. The third-order valence-corrected chi connectivity index (χ3v) is 7.32. The summed E-state index contributed by atoms with van der Waals surface area (Å²) in [6.07, 6.45) is 3.82. The van der Waals surface area contributed by atoms with Crippen LogP contribution in [0.4, 0.5) is 17.1 Å². The van der Waals surface area contributed by atoms with Crippen LogP contribution in [0, 0.1) is 0 Å². The van der Waals surface area contributed by atoms with Crippen molar-refractivity contribution in [1.82, 2.24) is 10.2 Å². The molecule has 0 aliphatic heterocycles. The molecule has 1 aliphatic rings. The van der Waals surface area contributed by atoms with E-state index in [2.05, 4.69) is 26.2 Å². The van der Waals surface area contributed by atoms with Gasteiger partial charge in [-0.3, -0.25) is 9.10 Å². The van der Waals surface area contributed by atoms with Gasteiger partial charge in [0.05, 0.1) is 17.6 Å². The van der Waals surface area contributed by atoms with Crippen molar-refractivity contribution in [1.29, 1.82) is 0 Å². The minimum absolute atomic E-state index is 0.189. The summed E-state index contributed by atoms with van der Waals surface area (Å²) in [5, 5.41) is 2.64. The topological polar surface area (TPSA) is 108 Å². The number of nitrogen functional groups attached to an aromatic ring is 1. The van der Waals surface area contributed by atoms with Gasteiger partial charge in [-0.2, -0.15) is 0 Å². The number of rotatable bonds is 10. The number of amides is 1. The molecule has 10 heteroatoms. The van der Waals surface area contributed by atoms with Crippen molar-refractivity contribution in [3.05, 3.63) is 52.0 Å². The Balaban J connectivity index is 2.11. The van der Waals surface area contributed by atoms with Gasteiger partial charge >= 0.3 is 0 Å². The van der Waals surface area contributed by atoms with Crippen LogP contribution in [0.2, 0.25) is 0 Å². The minimum atomic E-state index is -3.52. The molecule has 34 heavy (non-hydrogen) atoms. The van der Waals surface area contributed by atoms with Gasteiger partial charge in [0, 0.05) is 29.3 Å². The quantitative estimate of drug-likeness (QED) is 0.348. The van der Waals surface area contributed by atoms with Crippen LogP contribution < -0.4 is 15.4 Å². The summed E-state index contributed by atoms with van der Waals surface area (Å²) in [6.45, 7) is 1.11. The highest BCUT2D eigenvalue weighted by molar-refractivity contribution is 9.10. The summed E-state index contributed by atoms with van der Waals surface area (Å²) in [7, 11) is 1.93. The number of likely N-dealkylation sites (N-methyl/N-ethyl adjacent to an activating group) is 1. The van der Waals surface area contributed by atoms with Gasteiger partial charge in [0.25, 0.3) is 5.91 Å². The Bertz CT molecular complexity index is 1180. The van der Waals surface area contributed by atoms with Gasteiger partial charge in [-0.1, -0.05) is 15.9 Å². The molecule has 8 nitrogen and oxygen atoms in total. The van der Waals surface area contributed by atoms with Gasteiger partial charge in [-0.25, -0.2) is 13.4 Å². The Kier molecular flexibility index (Phi) is 8.38. The molecule has 2 aromatic rings. The summed E-state index contributed by atoms with van der Waals surface area (Å²) < 4.78 is 27.8. The number of carbonyl (C=O) groups excluding carboxylic acids is 1. The lowest BCUT2D eigenvalue weighted by Crippen LogP contribution is -2.34. The molecule has 1 amide bonds. The van der Waals surface area contributed by atoms with Crippen LogP contribution in [-0.2, 0) is 14.8 Å². The normalized spacial score (nSPS) is 14.4. The van der Waals surface area contributed by atoms with Crippen LogP contribution in [-0.4, -0.2) is 65.4 Å². The van der Waals surface area contributed by atoms with Crippen LogP contribution in [0.15, 0.2) is 45.9 Å². The summed E-state index contributed by atoms with van der Waals surface area (Å²) >= 11 is 3.40. The molecule has 0 saturated heterocycles. The van der Waals surface area contributed by atoms with Crippen molar-refractivity contribution in [2.75, 3.05) is 50.5 Å². The van der Waals surface area contributed by atoms with Gasteiger partial charge in [0.15, 0.2) is 0 Å². The molecule has 3 N–H and O–H groups in total. The summed E-state index contributed by atoms with van der Waals surface area (Å²) in [5.41, 5.74) is 9.51. The van der Waals surface area contributed by atoms with Gasteiger partial charge in [0.1, 0.15) is 5.71 Å². The highest BCUT2D eigenvalue weighted by Gasteiger charge is 2.32. The maximum Gasteiger partial charge on any atom is 0.270 e. The number of hydrogen-bond acceptors (Lipinski definition) is 6. The second-order valence-corrected chi connectivity index (χ2v) is 11.6. The molecule has 0 heterocycles. The maximum absolute atomic E-state index is 12.8. The average Bonchev–Trinajstić information content (AvgIpc) is 3.60. The summed E-state index contributed by atoms with van der Waals surface area (Å²) in [6, 6.07) is 10.8. The Morgan fingerprint density at radius 3 is 2.35 bits per heavy atom. The SMILES string of the molecule is CNC(=O)C(=Nc1ccc(Br)cc1)c1cc(C2CC2)c(N(CCCN(C)C)S(C)(=O)=O)cc1N. The number of halogens is 1. The van der Waals surface area contributed by atoms with Crippen LogP contribution in [0.5, 0.6) is 0 Å². The van der Waals surface area contributed by atoms with E-state index < -0.39 is 10.0 Å². The fraction of sp³-hybridized carbons (Fsp3) is 0.417. The molecular formula is C24H32BrN5O3S. The molecule has 184 valence electrons. The first-order chi connectivity index (χ1) is 16.0. The van der Waals surface area contributed by atoms with Crippen molar-refractivity contribution >= 4 is 54.6 Å². The van der Waals surface area contributed by atoms with Crippen LogP contribution in [0.25, 0.3) is 0 Å². The van der Waals surface area contributed by atoms with E-state index in [-0.39, 0.29) is 17.5 Å². The molecule has 0 radical (unpaired) electrons. The zero-order valence-electron chi connectivity index (χ0n) is 20.0. The van der Waals surface area contributed by atoms with Crippen LogP contribution in [0.3, 0.4) is 0 Å². The number of anilines is 2. The predicted octanol–water partition coefficient (Wildman–Crippen LogP) is 3.49. The first kappa shape index (κ1) is 26.2. The molecule has 0 bridgehead atoms. The zero-order chi connectivity index (χ0) is 25.0. The Hall–Kier alpha value is -2.43. The number of benzene rings is 2. The van der Waals surface area contributed by atoms with Crippen molar-refractivity contribution < 1.29 is 13.2 Å². The van der Waals surface area contributed by atoms with E-state index in [1.54, 1.807) is 25.2 Å². The summed E-state index contributed by atoms with van der Waals surface area (Å²) in [5.74, 6) is -0.138. The number of aliphatic imine (C=N–C) groups is 1. The molecule has 1 saturated carbocycles. The lowest BCUT2D eigenvalue weighted by Gasteiger charge is -2.27. The fourth-order valence-corrected chi connectivity index (χ4v) is 5.00. The first-order valence-corrected chi connectivity index (χ1v) is 13.8. The fourth-order valence-electron chi connectivity index (χ4n) is 3.76. The van der Waals surface area contributed by atoms with Crippen molar-refractivity contribution in [3.8, 4) is 0 Å². The number of nitrogens with two attached hydrogens (primary N) is 1. The van der Waals surface area contributed by atoms with E-state index in [0.717, 1.165) is 29.4 Å². The third-order valence-electron chi connectivity index (χ3n) is 5.62. The van der Waals surface area contributed by atoms with Gasteiger partial charge < -0.3 is 16.0 Å². The number of sulfonamides is 1. The predicted molar refractivity (Wildman–Crippen MR) is 143 cm³/mol. The molecule has 0 spiro atoms. The molecule has 2 aromatic carbocycles. The number of nitrogens with zero attached hydrogens (tertiary/aromatic N) is 3. The maximum atomic E-state index is 12.8. The second-order valence-electron chi connectivity index (χ2n) is 8.78. The van der Waals surface area contributed by atoms with E-state index in [4.69, 9.17) is 5.73 Å². The van der Waals surface area contributed by atoms with E-state index in [9.17, 15) is 13.2 Å². The van der Waals surface area contributed by atoms with Crippen molar-refractivity contribution in [2.24, 2.45) is 4.99 Å². The van der Waals surface area contributed by atoms with Gasteiger partial charge in [-0.15, -0.1) is 0 Å². The third kappa shape index (κ3) is 6.58. The Labute approximate surface area is 210 Å². The molecule has 0 aromatic heterocycles. The average molecular weight is 551 g/mol. The van der Waals surface area contributed by atoms with Gasteiger partial charge in [0.2, 0.25) is 10.0 Å². The molecule has 0 atom stereocenters. The Morgan fingerprint density at radius 2 is 1.82 bits per heavy atom. The van der Waals surface area contributed by atoms with Crippen molar-refractivity contribution in [3.63, 3.8) is 0 Å². The highest BCUT2D eigenvalue weighted by Crippen LogP contribution is 2.46. The molecular weight excluding hydrogens is 518 g/mol. The zero-order valence-corrected chi connectivity index (χ0v) is 22.4. The van der Waals surface area contributed by atoms with Crippen LogP contribution in [0.1, 0.15) is 36.3 Å². The van der Waals surface area contributed by atoms with E-state index in [1.807, 2.05) is 37.2 Å². The standard InChI is InChI=1S/C24H32BrN5O3S/c1-27-24(31)23(28-18-10-8-17(25)9-11-18)20-14-19(16-6-7-16)22(15-21(20)26)30(34(4,32)33)13-5-12-29(2)3/h8-11,14-16H,5-7,12-13,26H2,1-4H3,(H,27,31). The largest absolute Gasteiger partial charge is 0.398 e. The lowest BCUT2D eigenvalue weighted by atomic mass is 9.98. The monoisotopic (exact) mass is 549 g/mol. The highest BCUT2D eigenvalue weighted by atomic mass is 79.9. The minimum Gasteiger partial charge on any atom is -0.398 e. The summed E-state index contributed by atoms with van der Waals surface area (Å²) in [4.78, 5) is 19.4. The number of nitrogens with one attached hydrogen (secondary N) is 1. The molecule has 3 rings (SSSR count). The smallest absolute Gasteiger partial charge is 0.270 e. The second kappa shape index (κ2) is 10.9. The van der Waals surface area contributed by atoms with E-state index >= 15 is 0 Å². The Morgan fingerprint density at radius 1 is 1.18 bits per heavy atom. The number of hydrogen-bond donors (Lipinski definition) is 2. The molecule has 1 aliphatic carbocycles. The van der Waals surface area contributed by atoms with Crippen molar-refractivity contribution in [2.45, 2.75) is 25.2 Å². The van der Waals surface area contributed by atoms with Gasteiger partial charge in [-0.05, 0) is 87.8 Å².